The molecule has 0 aromatic carbocycles. The average Bonchev–Trinajstić information content (AvgIpc) is 2.47. The molecule has 2 heterocycles. The van der Waals surface area contributed by atoms with Crippen LogP contribution in [0.2, 0.25) is 0 Å². The van der Waals surface area contributed by atoms with Crippen molar-refractivity contribution in [3.8, 4) is 6.07 Å². The van der Waals surface area contributed by atoms with Gasteiger partial charge in [-0.3, -0.25) is 0 Å². The summed E-state index contributed by atoms with van der Waals surface area (Å²) < 4.78 is 31.1. The van der Waals surface area contributed by atoms with Crippen LogP contribution < -0.4 is 0 Å². The molecule has 0 spiro atoms. The van der Waals surface area contributed by atoms with Crippen LogP contribution in [0.4, 0.5) is 0 Å². The van der Waals surface area contributed by atoms with Crippen molar-refractivity contribution in [2.75, 3.05) is 26.8 Å². The van der Waals surface area contributed by atoms with Gasteiger partial charge in [-0.15, -0.1) is 0 Å². The van der Waals surface area contributed by atoms with E-state index in [0.717, 1.165) is 10.5 Å². The Morgan fingerprint density at radius 1 is 1.48 bits per heavy atom. The van der Waals surface area contributed by atoms with Gasteiger partial charge in [0.15, 0.2) is 0 Å². The Morgan fingerprint density at radius 3 is 2.67 bits per heavy atom. The van der Waals surface area contributed by atoms with Gasteiger partial charge in [-0.2, -0.15) is 9.57 Å². The number of hydrogen-bond acceptors (Lipinski definition) is 6. The summed E-state index contributed by atoms with van der Waals surface area (Å²) >= 11 is 0. The predicted molar refractivity (Wildman–Crippen MR) is 73.8 cm³/mol. The first-order chi connectivity index (χ1) is 9.87. The molecule has 1 N–H and O–H groups in total. The summed E-state index contributed by atoms with van der Waals surface area (Å²) in [4.78, 5) is 3.76. The number of nitrogens with zero attached hydrogens (tertiary/aromatic N) is 3. The molecule has 2 rings (SSSR count). The van der Waals surface area contributed by atoms with Gasteiger partial charge < -0.3 is 9.84 Å². The molecule has 0 bridgehead atoms. The summed E-state index contributed by atoms with van der Waals surface area (Å²) in [6.45, 7) is 0.838. The predicted octanol–water partition coefficient (Wildman–Crippen LogP) is 0.115. The van der Waals surface area contributed by atoms with Crippen LogP contribution in [0.25, 0.3) is 0 Å². The van der Waals surface area contributed by atoms with E-state index in [1.807, 2.05) is 6.07 Å². The van der Waals surface area contributed by atoms with Gasteiger partial charge >= 0.3 is 0 Å². The normalized spacial score (nSPS) is 18.4. The van der Waals surface area contributed by atoms with Gasteiger partial charge in [0, 0.05) is 45.8 Å². The molecule has 0 aliphatic carbocycles. The Hall–Kier alpha value is -1.53. The van der Waals surface area contributed by atoms with Gasteiger partial charge in [0.05, 0.1) is 5.60 Å². The third-order valence-corrected chi connectivity index (χ3v) is 5.29. The van der Waals surface area contributed by atoms with E-state index in [-0.39, 0.29) is 17.1 Å². The average molecular weight is 311 g/mol. The number of aromatic nitrogens is 1. The second-order valence-corrected chi connectivity index (χ2v) is 7.13. The minimum atomic E-state index is -3.74. The molecule has 1 aromatic rings. The fourth-order valence-corrected chi connectivity index (χ4v) is 3.38. The van der Waals surface area contributed by atoms with Crippen LogP contribution in [0.5, 0.6) is 0 Å². The Kier molecular flexibility index (Phi) is 4.58. The molecule has 0 amide bonds. The third-order valence-electron chi connectivity index (χ3n) is 3.50. The molecule has 1 aromatic heterocycles. The zero-order chi connectivity index (χ0) is 15.5. The van der Waals surface area contributed by atoms with E-state index in [1.54, 1.807) is 0 Å². The van der Waals surface area contributed by atoms with E-state index in [2.05, 4.69) is 4.98 Å². The van der Waals surface area contributed by atoms with Gasteiger partial charge in [0.2, 0.25) is 10.0 Å². The van der Waals surface area contributed by atoms with Crippen molar-refractivity contribution < 1.29 is 18.3 Å². The maximum atomic E-state index is 12.4. The highest BCUT2D eigenvalue weighted by atomic mass is 32.2. The van der Waals surface area contributed by atoms with E-state index in [9.17, 15) is 13.5 Å². The van der Waals surface area contributed by atoms with Crippen LogP contribution in [0, 0.1) is 11.3 Å². The molecule has 1 aliphatic heterocycles. The molecule has 0 radical (unpaired) electrons. The standard InChI is InChI=1S/C13H17N3O4S/c1-16(10-13(17)4-6-20-7-5-13)21(18,19)12-3-2-11(8-14)15-9-12/h2-3,9,17H,4-7,10H2,1H3. The summed E-state index contributed by atoms with van der Waals surface area (Å²) in [7, 11) is -2.32. The molecule has 0 unspecified atom stereocenters. The van der Waals surface area contributed by atoms with Gasteiger partial charge in [-0.25, -0.2) is 13.4 Å². The lowest BCUT2D eigenvalue weighted by atomic mass is 9.95. The number of nitriles is 1. The molecule has 0 saturated carbocycles. The lowest BCUT2D eigenvalue weighted by molar-refractivity contribution is -0.0689. The molecule has 1 saturated heterocycles. The van der Waals surface area contributed by atoms with E-state index >= 15 is 0 Å². The first-order valence-corrected chi connectivity index (χ1v) is 7.94. The number of aliphatic hydroxyl groups is 1. The number of hydrogen-bond donors (Lipinski definition) is 1. The lowest BCUT2D eigenvalue weighted by Crippen LogP contribution is -2.47. The fraction of sp³-hybridized carbons (Fsp3) is 0.538. The Balaban J connectivity index is 2.16. The highest BCUT2D eigenvalue weighted by molar-refractivity contribution is 7.89. The molecular weight excluding hydrogens is 294 g/mol. The summed E-state index contributed by atoms with van der Waals surface area (Å²) in [6, 6.07) is 4.52. The SMILES string of the molecule is CN(CC1(O)CCOCC1)S(=O)(=O)c1ccc(C#N)nc1. The molecule has 1 fully saturated rings. The molecule has 8 heteroatoms. The minimum Gasteiger partial charge on any atom is -0.388 e. The van der Waals surface area contributed by atoms with Crippen molar-refractivity contribution >= 4 is 10.0 Å². The fourth-order valence-electron chi connectivity index (χ4n) is 2.19. The van der Waals surface area contributed by atoms with Crippen molar-refractivity contribution in [1.29, 1.82) is 5.26 Å². The molecule has 114 valence electrons. The van der Waals surface area contributed by atoms with Gasteiger partial charge in [0.25, 0.3) is 0 Å². The number of pyridine rings is 1. The number of likely N-dealkylation sites (N-methyl/N-ethyl adjacent to an activating group) is 1. The van der Waals surface area contributed by atoms with Gasteiger partial charge in [-0.1, -0.05) is 0 Å². The molecule has 0 atom stereocenters. The van der Waals surface area contributed by atoms with E-state index in [1.165, 1.54) is 19.2 Å². The van der Waals surface area contributed by atoms with Crippen molar-refractivity contribution in [1.82, 2.24) is 9.29 Å². The second kappa shape index (κ2) is 6.07. The molecule has 1 aliphatic rings. The first kappa shape index (κ1) is 15.9. The lowest BCUT2D eigenvalue weighted by Gasteiger charge is -2.34. The monoisotopic (exact) mass is 311 g/mol. The highest BCUT2D eigenvalue weighted by Crippen LogP contribution is 2.24. The van der Waals surface area contributed by atoms with Crippen molar-refractivity contribution in [2.45, 2.75) is 23.3 Å². The van der Waals surface area contributed by atoms with Crippen molar-refractivity contribution in [2.24, 2.45) is 0 Å². The number of sulfonamides is 1. The maximum Gasteiger partial charge on any atom is 0.244 e. The summed E-state index contributed by atoms with van der Waals surface area (Å²) in [5, 5.41) is 19.1. The van der Waals surface area contributed by atoms with Gasteiger partial charge in [-0.05, 0) is 12.1 Å². The van der Waals surface area contributed by atoms with Gasteiger partial charge in [0.1, 0.15) is 16.7 Å². The van der Waals surface area contributed by atoms with E-state index in [0.29, 0.717) is 26.1 Å². The highest BCUT2D eigenvalue weighted by Gasteiger charge is 2.35. The summed E-state index contributed by atoms with van der Waals surface area (Å²) in [5.41, 5.74) is -0.917. The van der Waals surface area contributed by atoms with Crippen LogP contribution in [-0.2, 0) is 14.8 Å². The summed E-state index contributed by atoms with van der Waals surface area (Å²) in [5.74, 6) is 0. The van der Waals surface area contributed by atoms with E-state index in [4.69, 9.17) is 10.00 Å². The zero-order valence-electron chi connectivity index (χ0n) is 11.7. The van der Waals surface area contributed by atoms with Crippen LogP contribution in [-0.4, -0.2) is 55.2 Å². The molecular formula is C13H17N3O4S. The first-order valence-electron chi connectivity index (χ1n) is 6.50. The van der Waals surface area contributed by atoms with Crippen LogP contribution in [0.3, 0.4) is 0 Å². The van der Waals surface area contributed by atoms with Crippen LogP contribution >= 0.6 is 0 Å². The Bertz CT molecular complexity index is 630. The number of ether oxygens (including phenoxy) is 1. The largest absolute Gasteiger partial charge is 0.388 e. The Labute approximate surface area is 123 Å². The topological polar surface area (TPSA) is 104 Å². The quantitative estimate of drug-likeness (QED) is 0.847. The second-order valence-electron chi connectivity index (χ2n) is 5.09. The Morgan fingerprint density at radius 2 is 2.14 bits per heavy atom. The maximum absolute atomic E-state index is 12.4. The zero-order valence-corrected chi connectivity index (χ0v) is 12.5. The third kappa shape index (κ3) is 3.57. The molecule has 21 heavy (non-hydrogen) atoms. The molecule has 7 nitrogen and oxygen atoms in total. The number of rotatable bonds is 4. The van der Waals surface area contributed by atoms with Crippen LogP contribution in [0.15, 0.2) is 23.2 Å². The van der Waals surface area contributed by atoms with E-state index < -0.39 is 15.6 Å². The van der Waals surface area contributed by atoms with Crippen molar-refractivity contribution in [3.05, 3.63) is 24.0 Å². The smallest absolute Gasteiger partial charge is 0.244 e. The minimum absolute atomic E-state index is 0.000315. The summed E-state index contributed by atoms with van der Waals surface area (Å²) in [6.07, 6.45) is 1.95. The van der Waals surface area contributed by atoms with Crippen molar-refractivity contribution in [3.63, 3.8) is 0 Å². The van der Waals surface area contributed by atoms with Crippen LogP contribution in [0.1, 0.15) is 18.5 Å².